The van der Waals surface area contributed by atoms with Crippen molar-refractivity contribution in [2.75, 3.05) is 40.3 Å². The Bertz CT molecular complexity index is 414. The Hall–Kier alpha value is -1.63. The zero-order valence-corrected chi connectivity index (χ0v) is 13.9. The molecule has 22 heavy (non-hydrogen) atoms. The van der Waals surface area contributed by atoms with Crippen molar-refractivity contribution in [1.82, 2.24) is 15.1 Å². The van der Waals surface area contributed by atoms with Gasteiger partial charge in [0.05, 0.1) is 13.7 Å². The normalized spacial score (nSPS) is 21.7. The van der Waals surface area contributed by atoms with Crippen molar-refractivity contribution in [2.24, 2.45) is 5.92 Å². The molecule has 0 spiro atoms. The number of likely N-dealkylation sites (tertiary alicyclic amines) is 1. The van der Waals surface area contributed by atoms with Crippen molar-refractivity contribution in [3.63, 3.8) is 0 Å². The second-order valence-electron chi connectivity index (χ2n) is 6.23. The van der Waals surface area contributed by atoms with Crippen LogP contribution in [0.4, 0.5) is 0 Å². The van der Waals surface area contributed by atoms with Crippen LogP contribution in [0.5, 0.6) is 0 Å². The topological polar surface area (TPSA) is 79.0 Å². The molecular weight excluding hydrogens is 286 g/mol. The SMILES string of the molecule is COC(=O)C1(N(C)C=O)CCN(CC(=O)NCCC(C)C)C1. The van der Waals surface area contributed by atoms with Gasteiger partial charge in [-0.15, -0.1) is 0 Å². The first kappa shape index (κ1) is 18.4. The van der Waals surface area contributed by atoms with E-state index in [-0.39, 0.29) is 12.5 Å². The fourth-order valence-corrected chi connectivity index (χ4v) is 2.65. The van der Waals surface area contributed by atoms with Gasteiger partial charge < -0.3 is 15.0 Å². The van der Waals surface area contributed by atoms with E-state index in [0.29, 0.717) is 38.4 Å². The van der Waals surface area contributed by atoms with E-state index in [4.69, 9.17) is 4.74 Å². The number of likely N-dealkylation sites (N-methyl/N-ethyl adjacent to an activating group) is 1. The maximum atomic E-state index is 12.1. The molecule has 1 aliphatic rings. The molecule has 0 aliphatic carbocycles. The van der Waals surface area contributed by atoms with Crippen LogP contribution in [0.2, 0.25) is 0 Å². The van der Waals surface area contributed by atoms with Gasteiger partial charge in [-0.25, -0.2) is 4.79 Å². The number of carbonyl (C=O) groups is 3. The zero-order valence-electron chi connectivity index (χ0n) is 13.9. The van der Waals surface area contributed by atoms with Gasteiger partial charge in [0, 0.05) is 26.7 Å². The average molecular weight is 313 g/mol. The summed E-state index contributed by atoms with van der Waals surface area (Å²) in [6, 6.07) is 0. The van der Waals surface area contributed by atoms with Crippen LogP contribution in [0.1, 0.15) is 26.7 Å². The predicted molar refractivity (Wildman–Crippen MR) is 82.1 cm³/mol. The molecule has 1 rings (SSSR count). The molecule has 1 heterocycles. The van der Waals surface area contributed by atoms with Crippen LogP contribution in [-0.2, 0) is 19.1 Å². The highest BCUT2D eigenvalue weighted by molar-refractivity contribution is 5.84. The van der Waals surface area contributed by atoms with Gasteiger partial charge in [0.25, 0.3) is 0 Å². The highest BCUT2D eigenvalue weighted by Crippen LogP contribution is 2.27. The molecular formula is C15H27N3O4. The lowest BCUT2D eigenvalue weighted by atomic mass is 9.97. The second kappa shape index (κ2) is 8.12. The summed E-state index contributed by atoms with van der Waals surface area (Å²) in [6.45, 7) is 5.97. The molecule has 0 aromatic carbocycles. The van der Waals surface area contributed by atoms with E-state index in [1.54, 1.807) is 7.05 Å². The van der Waals surface area contributed by atoms with Gasteiger partial charge in [0.1, 0.15) is 0 Å². The minimum Gasteiger partial charge on any atom is -0.467 e. The quantitative estimate of drug-likeness (QED) is 0.498. The number of ether oxygens (including phenoxy) is 1. The van der Waals surface area contributed by atoms with E-state index >= 15 is 0 Å². The highest BCUT2D eigenvalue weighted by Gasteiger charge is 2.49. The Labute approximate surface area is 132 Å². The van der Waals surface area contributed by atoms with Gasteiger partial charge in [-0.05, 0) is 18.8 Å². The van der Waals surface area contributed by atoms with E-state index in [2.05, 4.69) is 19.2 Å². The monoisotopic (exact) mass is 313 g/mol. The summed E-state index contributed by atoms with van der Waals surface area (Å²) in [6.07, 6.45) is 2.03. The van der Waals surface area contributed by atoms with E-state index in [9.17, 15) is 14.4 Å². The van der Waals surface area contributed by atoms with Gasteiger partial charge in [0.15, 0.2) is 5.54 Å². The van der Waals surface area contributed by atoms with Gasteiger partial charge in [-0.3, -0.25) is 14.5 Å². The first-order valence-electron chi connectivity index (χ1n) is 7.61. The third-order valence-electron chi connectivity index (χ3n) is 4.14. The lowest BCUT2D eigenvalue weighted by molar-refractivity contribution is -0.156. The molecule has 1 atom stereocenters. The number of rotatable bonds is 8. The minimum absolute atomic E-state index is 0.0601. The number of carbonyl (C=O) groups excluding carboxylic acids is 3. The Balaban J connectivity index is 2.57. The van der Waals surface area contributed by atoms with Crippen molar-refractivity contribution in [3.8, 4) is 0 Å². The Kier molecular flexibility index (Phi) is 6.80. The summed E-state index contributed by atoms with van der Waals surface area (Å²) in [7, 11) is 2.88. The molecule has 0 saturated carbocycles. The summed E-state index contributed by atoms with van der Waals surface area (Å²) in [5.74, 6) is 0.0418. The van der Waals surface area contributed by atoms with Gasteiger partial charge >= 0.3 is 5.97 Å². The van der Waals surface area contributed by atoms with Crippen molar-refractivity contribution in [1.29, 1.82) is 0 Å². The number of nitrogens with one attached hydrogen (secondary N) is 1. The van der Waals surface area contributed by atoms with Crippen molar-refractivity contribution in [2.45, 2.75) is 32.2 Å². The number of esters is 1. The molecule has 7 nitrogen and oxygen atoms in total. The first-order chi connectivity index (χ1) is 10.4. The smallest absolute Gasteiger partial charge is 0.333 e. The molecule has 0 aromatic rings. The molecule has 1 unspecified atom stereocenters. The van der Waals surface area contributed by atoms with Crippen LogP contribution in [0.3, 0.4) is 0 Å². The van der Waals surface area contributed by atoms with Gasteiger partial charge in [0.2, 0.25) is 12.3 Å². The Morgan fingerprint density at radius 1 is 1.45 bits per heavy atom. The second-order valence-corrected chi connectivity index (χ2v) is 6.23. The van der Waals surface area contributed by atoms with E-state index < -0.39 is 11.5 Å². The van der Waals surface area contributed by atoms with E-state index in [0.717, 1.165) is 6.42 Å². The lowest BCUT2D eigenvalue weighted by Crippen LogP contribution is -2.55. The highest BCUT2D eigenvalue weighted by atomic mass is 16.5. The van der Waals surface area contributed by atoms with Crippen LogP contribution in [0.25, 0.3) is 0 Å². The van der Waals surface area contributed by atoms with Crippen LogP contribution in [0.15, 0.2) is 0 Å². The Morgan fingerprint density at radius 3 is 2.68 bits per heavy atom. The van der Waals surface area contributed by atoms with Gasteiger partial charge in [-0.1, -0.05) is 13.8 Å². The maximum absolute atomic E-state index is 12.1. The maximum Gasteiger partial charge on any atom is 0.333 e. The van der Waals surface area contributed by atoms with E-state index in [1.807, 2.05) is 4.90 Å². The number of amides is 2. The molecule has 1 saturated heterocycles. The molecule has 2 amide bonds. The molecule has 0 radical (unpaired) electrons. The molecule has 126 valence electrons. The predicted octanol–water partition coefficient (Wildman–Crippen LogP) is -0.146. The van der Waals surface area contributed by atoms with Crippen LogP contribution >= 0.6 is 0 Å². The van der Waals surface area contributed by atoms with Crippen molar-refractivity contribution in [3.05, 3.63) is 0 Å². The van der Waals surface area contributed by atoms with Crippen molar-refractivity contribution >= 4 is 18.3 Å². The summed E-state index contributed by atoms with van der Waals surface area (Å²) >= 11 is 0. The summed E-state index contributed by atoms with van der Waals surface area (Å²) in [5, 5.41) is 2.87. The van der Waals surface area contributed by atoms with E-state index in [1.165, 1.54) is 12.0 Å². The minimum atomic E-state index is -0.991. The molecule has 1 N–H and O–H groups in total. The summed E-state index contributed by atoms with van der Waals surface area (Å²) < 4.78 is 4.84. The van der Waals surface area contributed by atoms with Crippen LogP contribution in [-0.4, -0.2) is 74.0 Å². The third kappa shape index (κ3) is 4.43. The number of methoxy groups -OCH3 is 1. The Morgan fingerprint density at radius 2 is 2.14 bits per heavy atom. The largest absolute Gasteiger partial charge is 0.467 e. The molecule has 0 bridgehead atoms. The van der Waals surface area contributed by atoms with Gasteiger partial charge in [-0.2, -0.15) is 0 Å². The lowest BCUT2D eigenvalue weighted by Gasteiger charge is -2.33. The molecule has 7 heteroatoms. The standard InChI is InChI=1S/C15H27N3O4/c1-12(2)5-7-16-13(20)9-18-8-6-15(10-18,14(21)22-4)17(3)11-19/h11-12H,5-10H2,1-4H3,(H,16,20). The number of hydrogen-bond donors (Lipinski definition) is 1. The third-order valence-corrected chi connectivity index (χ3v) is 4.14. The molecule has 0 aromatic heterocycles. The number of hydrogen-bond acceptors (Lipinski definition) is 5. The first-order valence-corrected chi connectivity index (χ1v) is 7.61. The summed E-state index contributed by atoms with van der Waals surface area (Å²) in [5.41, 5.74) is -0.991. The summed E-state index contributed by atoms with van der Waals surface area (Å²) in [4.78, 5) is 38.3. The molecule has 1 aliphatic heterocycles. The fourth-order valence-electron chi connectivity index (χ4n) is 2.65. The molecule has 1 fully saturated rings. The van der Waals surface area contributed by atoms with Crippen LogP contribution < -0.4 is 5.32 Å². The number of nitrogens with zero attached hydrogens (tertiary/aromatic N) is 2. The van der Waals surface area contributed by atoms with Crippen LogP contribution in [0, 0.1) is 5.92 Å². The van der Waals surface area contributed by atoms with Crippen molar-refractivity contribution < 1.29 is 19.1 Å². The fraction of sp³-hybridized carbons (Fsp3) is 0.800. The average Bonchev–Trinajstić information content (AvgIpc) is 2.90. The zero-order chi connectivity index (χ0) is 16.8.